The van der Waals surface area contributed by atoms with Crippen molar-refractivity contribution in [2.24, 2.45) is 0 Å². The van der Waals surface area contributed by atoms with Gasteiger partial charge in [0.1, 0.15) is 17.4 Å². The Labute approximate surface area is 137 Å². The van der Waals surface area contributed by atoms with Gasteiger partial charge in [-0.2, -0.15) is 16.6 Å². The molecule has 2 aromatic rings. The molecule has 0 aliphatic heterocycles. The predicted octanol–water partition coefficient (Wildman–Crippen LogP) is 4.26. The van der Waals surface area contributed by atoms with E-state index < -0.39 is 5.91 Å². The van der Waals surface area contributed by atoms with E-state index >= 15 is 0 Å². The molecule has 22 heavy (non-hydrogen) atoms. The second-order valence-corrected chi connectivity index (χ2v) is 5.67. The number of halogens is 1. The lowest BCUT2D eigenvalue weighted by Crippen LogP contribution is -2.14. The molecule has 1 aromatic carbocycles. The van der Waals surface area contributed by atoms with Crippen molar-refractivity contribution in [2.75, 3.05) is 12.4 Å². The van der Waals surface area contributed by atoms with Gasteiger partial charge >= 0.3 is 0 Å². The van der Waals surface area contributed by atoms with Gasteiger partial charge in [0.25, 0.3) is 5.91 Å². The van der Waals surface area contributed by atoms with Crippen LogP contribution in [0.25, 0.3) is 6.08 Å². The molecule has 0 aliphatic carbocycles. The first-order valence-electron chi connectivity index (χ1n) is 6.34. The summed E-state index contributed by atoms with van der Waals surface area (Å²) in [5, 5.41) is 16.1. The van der Waals surface area contributed by atoms with Gasteiger partial charge in [-0.25, -0.2) is 0 Å². The Bertz CT molecular complexity index is 761. The van der Waals surface area contributed by atoms with Crippen LogP contribution in [0.3, 0.4) is 0 Å². The van der Waals surface area contributed by atoms with Gasteiger partial charge in [0, 0.05) is 11.1 Å². The molecule has 6 heteroatoms. The van der Waals surface area contributed by atoms with Gasteiger partial charge in [0.15, 0.2) is 0 Å². The monoisotopic (exact) mass is 332 g/mol. The molecule has 0 aliphatic rings. The molecule has 2 rings (SSSR count). The fourth-order valence-corrected chi connectivity index (χ4v) is 2.56. The van der Waals surface area contributed by atoms with Gasteiger partial charge in [-0.05, 0) is 47.0 Å². The standard InChI is InChI=1S/C16H13ClN2O2S/c1-10-5-14(15(21-2)7-13(10)17)19-16(20)12(8-18)6-11-3-4-22-9-11/h3-7,9H,1-2H3,(H,19,20)/b12-6+. The lowest BCUT2D eigenvalue weighted by Gasteiger charge is -2.11. The first-order chi connectivity index (χ1) is 10.5. The Hall–Kier alpha value is -2.29. The summed E-state index contributed by atoms with van der Waals surface area (Å²) in [4.78, 5) is 12.2. The summed E-state index contributed by atoms with van der Waals surface area (Å²) in [6, 6.07) is 7.08. The highest BCUT2D eigenvalue weighted by Gasteiger charge is 2.14. The van der Waals surface area contributed by atoms with E-state index in [1.165, 1.54) is 18.4 Å². The van der Waals surface area contributed by atoms with Gasteiger partial charge in [0.2, 0.25) is 0 Å². The maximum Gasteiger partial charge on any atom is 0.266 e. The van der Waals surface area contributed by atoms with Crippen molar-refractivity contribution in [1.82, 2.24) is 0 Å². The fourth-order valence-electron chi connectivity index (χ4n) is 1.79. The second kappa shape index (κ2) is 7.12. The number of benzene rings is 1. The van der Waals surface area contributed by atoms with E-state index in [9.17, 15) is 10.1 Å². The summed E-state index contributed by atoms with van der Waals surface area (Å²) in [5.41, 5.74) is 2.11. The number of anilines is 1. The Kier molecular flexibility index (Phi) is 5.21. The van der Waals surface area contributed by atoms with Crippen LogP contribution in [0, 0.1) is 18.3 Å². The van der Waals surface area contributed by atoms with Gasteiger partial charge in [-0.3, -0.25) is 4.79 Å². The number of hydrogen-bond acceptors (Lipinski definition) is 4. The van der Waals surface area contributed by atoms with Crippen LogP contribution in [0.2, 0.25) is 5.02 Å². The van der Waals surface area contributed by atoms with E-state index in [0.29, 0.717) is 16.5 Å². The van der Waals surface area contributed by atoms with Crippen LogP contribution in [0.4, 0.5) is 5.69 Å². The zero-order valence-corrected chi connectivity index (χ0v) is 13.6. The zero-order chi connectivity index (χ0) is 16.1. The van der Waals surface area contributed by atoms with Crippen LogP contribution in [0.5, 0.6) is 5.75 Å². The first kappa shape index (κ1) is 16.1. The van der Waals surface area contributed by atoms with Crippen molar-refractivity contribution >= 4 is 40.6 Å². The molecule has 0 spiro atoms. The number of nitrogens with zero attached hydrogens (tertiary/aromatic N) is 1. The number of hydrogen-bond donors (Lipinski definition) is 1. The number of ether oxygens (including phenoxy) is 1. The minimum atomic E-state index is -0.492. The van der Waals surface area contributed by atoms with Crippen molar-refractivity contribution in [1.29, 1.82) is 5.26 Å². The molecule has 0 saturated carbocycles. The van der Waals surface area contributed by atoms with Crippen LogP contribution < -0.4 is 10.1 Å². The summed E-state index contributed by atoms with van der Waals surface area (Å²) < 4.78 is 5.20. The van der Waals surface area contributed by atoms with E-state index in [1.54, 1.807) is 18.2 Å². The SMILES string of the molecule is COc1cc(Cl)c(C)cc1NC(=O)/C(C#N)=C/c1ccsc1. The molecule has 112 valence electrons. The number of amides is 1. The van der Waals surface area contributed by atoms with Crippen molar-refractivity contribution < 1.29 is 9.53 Å². The number of nitrogens with one attached hydrogen (secondary N) is 1. The minimum absolute atomic E-state index is 0.0213. The van der Waals surface area contributed by atoms with Crippen molar-refractivity contribution in [3.05, 3.63) is 50.7 Å². The second-order valence-electron chi connectivity index (χ2n) is 4.48. The molecule has 1 N–H and O–H groups in total. The van der Waals surface area contributed by atoms with Crippen molar-refractivity contribution in [2.45, 2.75) is 6.92 Å². The highest BCUT2D eigenvalue weighted by molar-refractivity contribution is 7.08. The van der Waals surface area contributed by atoms with Crippen LogP contribution in [-0.4, -0.2) is 13.0 Å². The maximum absolute atomic E-state index is 12.2. The normalized spacial score (nSPS) is 10.9. The molecule has 4 nitrogen and oxygen atoms in total. The number of thiophene rings is 1. The number of methoxy groups -OCH3 is 1. The Morgan fingerprint density at radius 2 is 2.27 bits per heavy atom. The molecule has 0 bridgehead atoms. The number of aryl methyl sites for hydroxylation is 1. The lowest BCUT2D eigenvalue weighted by atomic mass is 10.1. The largest absolute Gasteiger partial charge is 0.495 e. The Morgan fingerprint density at radius 1 is 1.50 bits per heavy atom. The highest BCUT2D eigenvalue weighted by Crippen LogP contribution is 2.31. The third kappa shape index (κ3) is 3.67. The first-order valence-corrected chi connectivity index (χ1v) is 7.66. The zero-order valence-electron chi connectivity index (χ0n) is 12.0. The smallest absolute Gasteiger partial charge is 0.266 e. The van der Waals surface area contributed by atoms with Gasteiger partial charge in [-0.1, -0.05) is 11.6 Å². The fraction of sp³-hybridized carbons (Fsp3) is 0.125. The summed E-state index contributed by atoms with van der Waals surface area (Å²) in [7, 11) is 1.49. The average molecular weight is 333 g/mol. The number of carbonyl (C=O) groups excluding carboxylic acids is 1. The van der Waals surface area contributed by atoms with Gasteiger partial charge in [0.05, 0.1) is 12.8 Å². The Balaban J connectivity index is 2.28. The van der Waals surface area contributed by atoms with Crippen LogP contribution in [-0.2, 0) is 4.79 Å². The third-order valence-corrected chi connectivity index (χ3v) is 4.06. The third-order valence-electron chi connectivity index (χ3n) is 2.95. The molecule has 0 saturated heterocycles. The molecule has 1 heterocycles. The summed E-state index contributed by atoms with van der Waals surface area (Å²) in [6.45, 7) is 1.82. The quantitative estimate of drug-likeness (QED) is 0.672. The lowest BCUT2D eigenvalue weighted by molar-refractivity contribution is -0.112. The number of nitriles is 1. The molecule has 0 radical (unpaired) electrons. The summed E-state index contributed by atoms with van der Waals surface area (Å²) >= 11 is 7.53. The van der Waals surface area contributed by atoms with E-state index in [4.69, 9.17) is 16.3 Å². The maximum atomic E-state index is 12.2. The topological polar surface area (TPSA) is 62.1 Å². The van der Waals surface area contributed by atoms with Crippen molar-refractivity contribution in [3.63, 3.8) is 0 Å². The van der Waals surface area contributed by atoms with Gasteiger partial charge < -0.3 is 10.1 Å². The molecule has 1 amide bonds. The van der Waals surface area contributed by atoms with Crippen LogP contribution in [0.1, 0.15) is 11.1 Å². The summed E-state index contributed by atoms with van der Waals surface area (Å²) in [5.74, 6) is -0.0505. The Morgan fingerprint density at radius 3 is 2.86 bits per heavy atom. The minimum Gasteiger partial charge on any atom is -0.495 e. The molecule has 0 fully saturated rings. The van der Waals surface area contributed by atoms with E-state index in [2.05, 4.69) is 5.32 Å². The van der Waals surface area contributed by atoms with E-state index in [1.807, 2.05) is 29.8 Å². The average Bonchev–Trinajstić information content (AvgIpc) is 3.01. The molecule has 0 unspecified atom stereocenters. The highest BCUT2D eigenvalue weighted by atomic mass is 35.5. The summed E-state index contributed by atoms with van der Waals surface area (Å²) in [6.07, 6.45) is 1.54. The van der Waals surface area contributed by atoms with E-state index in [0.717, 1.165) is 11.1 Å². The molecule has 1 aromatic heterocycles. The molecule has 0 atom stereocenters. The number of rotatable bonds is 4. The van der Waals surface area contributed by atoms with Crippen LogP contribution >= 0.6 is 22.9 Å². The predicted molar refractivity (Wildman–Crippen MR) is 89.3 cm³/mol. The van der Waals surface area contributed by atoms with E-state index in [-0.39, 0.29) is 5.57 Å². The molecular weight excluding hydrogens is 320 g/mol. The van der Waals surface area contributed by atoms with Gasteiger partial charge in [-0.15, -0.1) is 0 Å². The van der Waals surface area contributed by atoms with Crippen molar-refractivity contribution in [3.8, 4) is 11.8 Å². The van der Waals surface area contributed by atoms with Crippen LogP contribution in [0.15, 0.2) is 34.5 Å². The number of carbonyl (C=O) groups is 1. The molecular formula is C16H13ClN2O2S.